The largest absolute Gasteiger partial charge is 0.369 e. The highest BCUT2D eigenvalue weighted by Crippen LogP contribution is 2.31. The summed E-state index contributed by atoms with van der Waals surface area (Å²) >= 11 is 0. The van der Waals surface area contributed by atoms with E-state index in [2.05, 4.69) is 0 Å². The number of benzene rings is 1. The van der Waals surface area contributed by atoms with Crippen molar-refractivity contribution in [2.45, 2.75) is 50.5 Å². The Bertz CT molecular complexity index is 878. The molecule has 3 rings (SSSR count). The molecule has 8 nitrogen and oxygen atoms in total. The second kappa shape index (κ2) is 8.81. The summed E-state index contributed by atoms with van der Waals surface area (Å²) in [7, 11) is -3.48. The molecular weight excluding hydrogens is 392 g/mol. The number of hydrogen-bond acceptors (Lipinski definition) is 5. The van der Waals surface area contributed by atoms with Gasteiger partial charge in [0.1, 0.15) is 0 Å². The summed E-state index contributed by atoms with van der Waals surface area (Å²) in [4.78, 5) is 28.0. The van der Waals surface area contributed by atoms with E-state index in [0.717, 1.165) is 36.9 Å². The minimum atomic E-state index is -3.48. The molecule has 0 radical (unpaired) electrons. The van der Waals surface area contributed by atoms with Gasteiger partial charge in [0.25, 0.3) is 0 Å². The van der Waals surface area contributed by atoms with E-state index >= 15 is 0 Å². The van der Waals surface area contributed by atoms with Crippen LogP contribution in [0.2, 0.25) is 0 Å². The number of carbonyl (C=O) groups excluding carboxylic acids is 2. The van der Waals surface area contributed by atoms with Crippen molar-refractivity contribution in [3.63, 3.8) is 0 Å². The lowest BCUT2D eigenvalue weighted by atomic mass is 10.0. The van der Waals surface area contributed by atoms with Crippen molar-refractivity contribution < 1.29 is 18.0 Å². The van der Waals surface area contributed by atoms with Crippen LogP contribution in [0.25, 0.3) is 0 Å². The Morgan fingerprint density at radius 2 is 1.79 bits per heavy atom. The Labute approximate surface area is 172 Å². The molecule has 2 aliphatic heterocycles. The van der Waals surface area contributed by atoms with Crippen LogP contribution in [0.15, 0.2) is 23.1 Å². The molecule has 2 amide bonds. The van der Waals surface area contributed by atoms with E-state index in [1.54, 1.807) is 28.0 Å². The Morgan fingerprint density at radius 3 is 2.41 bits per heavy atom. The first-order valence-corrected chi connectivity index (χ1v) is 11.6. The molecule has 2 aliphatic rings. The number of sulfonamides is 1. The summed E-state index contributed by atoms with van der Waals surface area (Å²) in [5.74, 6) is -0.585. The maximum atomic E-state index is 13.0. The summed E-state index contributed by atoms with van der Waals surface area (Å²) in [6.45, 7) is 5.65. The maximum absolute atomic E-state index is 13.0. The molecule has 160 valence electrons. The van der Waals surface area contributed by atoms with E-state index in [1.165, 1.54) is 4.31 Å². The number of hydrogen-bond donors (Lipinski definition) is 1. The zero-order valence-corrected chi connectivity index (χ0v) is 18.0. The Morgan fingerprint density at radius 1 is 1.10 bits per heavy atom. The first kappa shape index (κ1) is 21.7. The quantitative estimate of drug-likeness (QED) is 0.704. The number of aryl methyl sites for hydroxylation is 1. The van der Waals surface area contributed by atoms with Gasteiger partial charge in [0, 0.05) is 31.4 Å². The Balaban J connectivity index is 1.81. The number of primary amides is 1. The molecule has 0 spiro atoms. The fourth-order valence-electron chi connectivity index (χ4n) is 3.95. The van der Waals surface area contributed by atoms with Gasteiger partial charge in [-0.25, -0.2) is 8.42 Å². The monoisotopic (exact) mass is 422 g/mol. The van der Waals surface area contributed by atoms with E-state index < -0.39 is 15.9 Å². The molecule has 1 saturated heterocycles. The predicted molar refractivity (Wildman–Crippen MR) is 111 cm³/mol. The van der Waals surface area contributed by atoms with Crippen LogP contribution >= 0.6 is 0 Å². The molecule has 1 aromatic carbocycles. The van der Waals surface area contributed by atoms with E-state index in [1.807, 2.05) is 13.8 Å². The zero-order chi connectivity index (χ0) is 21.2. The van der Waals surface area contributed by atoms with Gasteiger partial charge in [0.2, 0.25) is 21.8 Å². The standard InChI is InChI=1S/C20H30N4O4S/c1-15(2)22(13-19(21)25)14-20(26)24-11-5-6-16-12-17(7-8-18(16)24)29(27,28)23-9-3-4-10-23/h7-8,12,15H,3-6,9-11,13-14H2,1-2H3,(H2,21,25). The van der Waals surface area contributed by atoms with E-state index in [4.69, 9.17) is 5.73 Å². The number of carbonyl (C=O) groups is 2. The minimum absolute atomic E-state index is 0.00342. The smallest absolute Gasteiger partial charge is 0.243 e. The van der Waals surface area contributed by atoms with Crippen LogP contribution < -0.4 is 10.6 Å². The molecule has 29 heavy (non-hydrogen) atoms. The zero-order valence-electron chi connectivity index (χ0n) is 17.1. The summed E-state index contributed by atoms with van der Waals surface area (Å²) in [6.07, 6.45) is 3.29. The van der Waals surface area contributed by atoms with Crippen LogP contribution in [0.3, 0.4) is 0 Å². The highest BCUT2D eigenvalue weighted by Gasteiger charge is 2.30. The Kier molecular flexibility index (Phi) is 6.60. The second-order valence-electron chi connectivity index (χ2n) is 8.02. The van der Waals surface area contributed by atoms with Crippen molar-refractivity contribution in [2.75, 3.05) is 37.6 Å². The van der Waals surface area contributed by atoms with Gasteiger partial charge in [-0.15, -0.1) is 0 Å². The molecule has 0 unspecified atom stereocenters. The van der Waals surface area contributed by atoms with Crippen molar-refractivity contribution in [3.05, 3.63) is 23.8 Å². The van der Waals surface area contributed by atoms with Gasteiger partial charge in [-0.1, -0.05) is 0 Å². The van der Waals surface area contributed by atoms with Crippen molar-refractivity contribution in [3.8, 4) is 0 Å². The van der Waals surface area contributed by atoms with Crippen molar-refractivity contribution >= 4 is 27.5 Å². The predicted octanol–water partition coefficient (Wildman–Crippen LogP) is 0.946. The summed E-state index contributed by atoms with van der Waals surface area (Å²) < 4.78 is 27.2. The van der Waals surface area contributed by atoms with Gasteiger partial charge in [0.15, 0.2) is 0 Å². The van der Waals surface area contributed by atoms with Crippen molar-refractivity contribution in [2.24, 2.45) is 5.73 Å². The molecule has 9 heteroatoms. The van der Waals surface area contributed by atoms with Crippen molar-refractivity contribution in [1.29, 1.82) is 0 Å². The second-order valence-corrected chi connectivity index (χ2v) is 9.95. The molecule has 0 bridgehead atoms. The van der Waals surface area contributed by atoms with Crippen LogP contribution in [0.4, 0.5) is 5.69 Å². The van der Waals surface area contributed by atoms with E-state index in [9.17, 15) is 18.0 Å². The lowest BCUT2D eigenvalue weighted by molar-refractivity contribution is -0.123. The molecular formula is C20H30N4O4S. The van der Waals surface area contributed by atoms with Gasteiger partial charge < -0.3 is 10.6 Å². The van der Waals surface area contributed by atoms with Crippen LogP contribution in [0.5, 0.6) is 0 Å². The van der Waals surface area contributed by atoms with E-state index in [0.29, 0.717) is 24.5 Å². The number of rotatable bonds is 7. The van der Waals surface area contributed by atoms with Gasteiger partial charge in [-0.05, 0) is 63.3 Å². The fourth-order valence-corrected chi connectivity index (χ4v) is 5.52. The third-order valence-corrected chi connectivity index (χ3v) is 7.50. The normalized spacial score (nSPS) is 17.7. The van der Waals surface area contributed by atoms with Crippen LogP contribution in [-0.4, -0.2) is 68.2 Å². The first-order valence-electron chi connectivity index (χ1n) is 10.2. The fraction of sp³-hybridized carbons (Fsp3) is 0.600. The molecule has 0 aliphatic carbocycles. The number of nitrogens with two attached hydrogens (primary N) is 1. The highest BCUT2D eigenvalue weighted by atomic mass is 32.2. The molecule has 0 atom stereocenters. The topological polar surface area (TPSA) is 104 Å². The molecule has 1 aromatic rings. The van der Waals surface area contributed by atoms with Crippen LogP contribution in [0.1, 0.15) is 38.7 Å². The number of anilines is 1. The third kappa shape index (κ3) is 4.79. The van der Waals surface area contributed by atoms with Crippen LogP contribution in [-0.2, 0) is 26.0 Å². The van der Waals surface area contributed by atoms with E-state index in [-0.39, 0.29) is 25.0 Å². The summed E-state index contributed by atoms with van der Waals surface area (Å²) in [5, 5.41) is 0. The third-order valence-electron chi connectivity index (χ3n) is 5.60. The molecule has 0 aromatic heterocycles. The number of fused-ring (bicyclic) bond motifs is 1. The maximum Gasteiger partial charge on any atom is 0.243 e. The first-order chi connectivity index (χ1) is 13.7. The molecule has 2 N–H and O–H groups in total. The molecule has 1 fully saturated rings. The highest BCUT2D eigenvalue weighted by molar-refractivity contribution is 7.89. The summed E-state index contributed by atoms with van der Waals surface area (Å²) in [6, 6.07) is 5.06. The van der Waals surface area contributed by atoms with Gasteiger partial charge in [-0.3, -0.25) is 14.5 Å². The van der Waals surface area contributed by atoms with Gasteiger partial charge in [0.05, 0.1) is 18.0 Å². The summed E-state index contributed by atoms with van der Waals surface area (Å²) in [5.41, 5.74) is 6.93. The van der Waals surface area contributed by atoms with Gasteiger partial charge >= 0.3 is 0 Å². The molecule has 2 heterocycles. The lowest BCUT2D eigenvalue weighted by Gasteiger charge is -2.33. The van der Waals surface area contributed by atoms with Crippen molar-refractivity contribution in [1.82, 2.24) is 9.21 Å². The average molecular weight is 423 g/mol. The number of nitrogens with zero attached hydrogens (tertiary/aromatic N) is 3. The Hall–Kier alpha value is -1.97. The lowest BCUT2D eigenvalue weighted by Crippen LogP contribution is -2.47. The average Bonchev–Trinajstić information content (AvgIpc) is 3.21. The SMILES string of the molecule is CC(C)N(CC(N)=O)CC(=O)N1CCCc2cc(S(=O)(=O)N3CCCC3)ccc21. The molecule has 0 saturated carbocycles. The van der Waals surface area contributed by atoms with Gasteiger partial charge in [-0.2, -0.15) is 4.31 Å². The minimum Gasteiger partial charge on any atom is -0.369 e. The number of amides is 2. The van der Waals surface area contributed by atoms with Crippen LogP contribution in [0, 0.1) is 0 Å².